The molecule has 9 heteroatoms. The molecular formula is C18H24F3N5O. The van der Waals surface area contributed by atoms with E-state index in [9.17, 15) is 13.2 Å². The van der Waals surface area contributed by atoms with Gasteiger partial charge < -0.3 is 15.4 Å². The van der Waals surface area contributed by atoms with Gasteiger partial charge in [-0.1, -0.05) is 6.07 Å². The number of hydrogen-bond acceptors (Lipinski definition) is 3. The maximum atomic E-state index is 13.4. The number of nitrogens with zero attached hydrogens (tertiary/aromatic N) is 3. The van der Waals surface area contributed by atoms with Gasteiger partial charge in [-0.2, -0.15) is 18.3 Å². The van der Waals surface area contributed by atoms with Crippen molar-refractivity contribution in [1.29, 1.82) is 0 Å². The number of hydrogen-bond donors (Lipinski definition) is 2. The minimum atomic E-state index is -4.47. The van der Waals surface area contributed by atoms with Crippen LogP contribution in [-0.2, 0) is 26.3 Å². The van der Waals surface area contributed by atoms with Crippen molar-refractivity contribution >= 4 is 5.96 Å². The molecule has 1 aromatic carbocycles. The predicted molar refractivity (Wildman–Crippen MR) is 97.5 cm³/mol. The molecule has 148 valence electrons. The molecule has 0 atom stereocenters. The summed E-state index contributed by atoms with van der Waals surface area (Å²) in [5, 5.41) is 10.0. The number of aromatic nitrogens is 2. The Hall–Kier alpha value is -2.71. The molecule has 0 unspecified atom stereocenters. The van der Waals surface area contributed by atoms with Crippen LogP contribution in [0.2, 0.25) is 0 Å². The fraction of sp³-hybridized carbons (Fsp3) is 0.444. The first-order valence-electron chi connectivity index (χ1n) is 8.49. The SMILES string of the molecule is CN=C(NCc1ccc(OC(C)C)cc1C(F)(F)F)NCc1ccnn1C. The van der Waals surface area contributed by atoms with Crippen LogP contribution in [0.5, 0.6) is 5.75 Å². The monoisotopic (exact) mass is 383 g/mol. The molecule has 6 nitrogen and oxygen atoms in total. The third kappa shape index (κ3) is 5.90. The molecule has 0 radical (unpaired) electrons. The normalized spacial score (nSPS) is 12.4. The molecule has 0 spiro atoms. The van der Waals surface area contributed by atoms with Crippen LogP contribution in [0.25, 0.3) is 0 Å². The number of aliphatic imine (C=N–C) groups is 1. The summed E-state index contributed by atoms with van der Waals surface area (Å²) in [4.78, 5) is 4.04. The first-order chi connectivity index (χ1) is 12.7. The molecular weight excluding hydrogens is 359 g/mol. The third-order valence-electron chi connectivity index (χ3n) is 3.79. The molecule has 0 aliphatic rings. The zero-order chi connectivity index (χ0) is 20.0. The summed E-state index contributed by atoms with van der Waals surface area (Å²) in [6.45, 7) is 3.95. The highest BCUT2D eigenvalue weighted by Gasteiger charge is 2.33. The van der Waals surface area contributed by atoms with Gasteiger partial charge in [0.15, 0.2) is 5.96 Å². The number of ether oxygens (including phenoxy) is 1. The second kappa shape index (κ2) is 8.79. The lowest BCUT2D eigenvalue weighted by Crippen LogP contribution is -2.37. The van der Waals surface area contributed by atoms with E-state index >= 15 is 0 Å². The van der Waals surface area contributed by atoms with Crippen molar-refractivity contribution in [2.24, 2.45) is 12.0 Å². The average Bonchev–Trinajstić information content (AvgIpc) is 2.99. The molecule has 1 heterocycles. The van der Waals surface area contributed by atoms with E-state index < -0.39 is 11.7 Å². The highest BCUT2D eigenvalue weighted by atomic mass is 19.4. The van der Waals surface area contributed by atoms with E-state index in [0.29, 0.717) is 12.5 Å². The third-order valence-corrected chi connectivity index (χ3v) is 3.79. The van der Waals surface area contributed by atoms with E-state index in [1.165, 1.54) is 12.1 Å². The molecule has 27 heavy (non-hydrogen) atoms. The van der Waals surface area contributed by atoms with Crippen LogP contribution in [0.4, 0.5) is 13.2 Å². The maximum absolute atomic E-state index is 13.4. The van der Waals surface area contributed by atoms with Gasteiger partial charge in [-0.25, -0.2) is 0 Å². The van der Waals surface area contributed by atoms with Crippen LogP contribution < -0.4 is 15.4 Å². The molecule has 0 fully saturated rings. The molecule has 2 rings (SSSR count). The first-order valence-corrected chi connectivity index (χ1v) is 8.49. The summed E-state index contributed by atoms with van der Waals surface area (Å²) in [7, 11) is 3.37. The van der Waals surface area contributed by atoms with Gasteiger partial charge in [-0.05, 0) is 37.6 Å². The summed E-state index contributed by atoms with van der Waals surface area (Å²) < 4.78 is 47.3. The Morgan fingerprint density at radius 3 is 2.48 bits per heavy atom. The van der Waals surface area contributed by atoms with Crippen molar-refractivity contribution < 1.29 is 17.9 Å². The number of halogens is 3. The lowest BCUT2D eigenvalue weighted by molar-refractivity contribution is -0.138. The largest absolute Gasteiger partial charge is 0.491 e. The zero-order valence-electron chi connectivity index (χ0n) is 15.8. The summed E-state index contributed by atoms with van der Waals surface area (Å²) in [5.74, 6) is 0.589. The number of nitrogens with one attached hydrogen (secondary N) is 2. The second-order valence-corrected chi connectivity index (χ2v) is 6.21. The highest BCUT2D eigenvalue weighted by molar-refractivity contribution is 5.79. The average molecular weight is 383 g/mol. The summed E-state index contributed by atoms with van der Waals surface area (Å²) in [6.07, 6.45) is -3.01. The fourth-order valence-electron chi connectivity index (χ4n) is 2.47. The zero-order valence-corrected chi connectivity index (χ0v) is 15.8. The lowest BCUT2D eigenvalue weighted by Gasteiger charge is -2.18. The van der Waals surface area contributed by atoms with Gasteiger partial charge in [-0.15, -0.1) is 0 Å². The minimum absolute atomic E-state index is 0.0259. The van der Waals surface area contributed by atoms with Crippen molar-refractivity contribution in [1.82, 2.24) is 20.4 Å². The van der Waals surface area contributed by atoms with Crippen LogP contribution >= 0.6 is 0 Å². The van der Waals surface area contributed by atoms with E-state index in [-0.39, 0.29) is 24.0 Å². The van der Waals surface area contributed by atoms with Gasteiger partial charge >= 0.3 is 6.18 Å². The van der Waals surface area contributed by atoms with Crippen LogP contribution in [0.3, 0.4) is 0 Å². The smallest absolute Gasteiger partial charge is 0.416 e. The Morgan fingerprint density at radius 1 is 1.22 bits per heavy atom. The Labute approximate surface area is 156 Å². The minimum Gasteiger partial charge on any atom is -0.491 e. The van der Waals surface area contributed by atoms with Crippen molar-refractivity contribution in [3.63, 3.8) is 0 Å². The summed E-state index contributed by atoms with van der Waals surface area (Å²) in [6, 6.07) is 5.83. The highest BCUT2D eigenvalue weighted by Crippen LogP contribution is 2.34. The molecule has 0 saturated heterocycles. The van der Waals surface area contributed by atoms with E-state index in [1.807, 2.05) is 13.1 Å². The van der Waals surface area contributed by atoms with Gasteiger partial charge in [0.05, 0.1) is 23.9 Å². The van der Waals surface area contributed by atoms with Gasteiger partial charge in [-0.3, -0.25) is 9.67 Å². The van der Waals surface area contributed by atoms with Crippen molar-refractivity contribution in [2.75, 3.05) is 7.05 Å². The van der Waals surface area contributed by atoms with E-state index in [1.54, 1.807) is 31.8 Å². The maximum Gasteiger partial charge on any atom is 0.416 e. The van der Waals surface area contributed by atoms with Gasteiger partial charge in [0.25, 0.3) is 0 Å². The Balaban J connectivity index is 2.07. The number of aryl methyl sites for hydroxylation is 1. The number of benzene rings is 1. The lowest BCUT2D eigenvalue weighted by atomic mass is 10.1. The van der Waals surface area contributed by atoms with Crippen molar-refractivity contribution in [3.8, 4) is 5.75 Å². The second-order valence-electron chi connectivity index (χ2n) is 6.21. The van der Waals surface area contributed by atoms with Crippen LogP contribution in [0.1, 0.15) is 30.7 Å². The van der Waals surface area contributed by atoms with Crippen LogP contribution in [-0.4, -0.2) is 28.9 Å². The molecule has 0 aliphatic carbocycles. The van der Waals surface area contributed by atoms with Crippen molar-refractivity contribution in [2.45, 2.75) is 39.2 Å². The van der Waals surface area contributed by atoms with Gasteiger partial charge in [0.1, 0.15) is 5.75 Å². The Morgan fingerprint density at radius 2 is 1.93 bits per heavy atom. The Bertz CT molecular complexity index is 784. The topological polar surface area (TPSA) is 63.5 Å². The standard InChI is InChI=1S/C18H24F3N5O/c1-12(2)27-15-6-5-13(16(9-15)18(19,20)21)10-23-17(22-3)24-11-14-7-8-25-26(14)4/h5-9,12H,10-11H2,1-4H3,(H2,22,23,24). The van der Waals surface area contributed by atoms with E-state index in [2.05, 4.69) is 20.7 Å². The quantitative estimate of drug-likeness (QED) is 0.594. The van der Waals surface area contributed by atoms with Crippen molar-refractivity contribution in [3.05, 3.63) is 47.3 Å². The van der Waals surface area contributed by atoms with E-state index in [4.69, 9.17) is 4.74 Å². The van der Waals surface area contributed by atoms with Crippen LogP contribution in [0.15, 0.2) is 35.5 Å². The molecule has 0 saturated carbocycles. The van der Waals surface area contributed by atoms with Gasteiger partial charge in [0.2, 0.25) is 0 Å². The Kier molecular flexibility index (Phi) is 6.70. The predicted octanol–water partition coefficient (Wildman–Crippen LogP) is 3.09. The molecule has 2 aromatic rings. The number of rotatable bonds is 6. The summed E-state index contributed by atoms with van der Waals surface area (Å²) in [5.41, 5.74) is 0.307. The molecule has 0 aliphatic heterocycles. The fourth-order valence-corrected chi connectivity index (χ4v) is 2.47. The number of guanidine groups is 1. The molecule has 0 bridgehead atoms. The van der Waals surface area contributed by atoms with Gasteiger partial charge in [0, 0.05) is 26.8 Å². The van der Waals surface area contributed by atoms with E-state index in [0.717, 1.165) is 11.8 Å². The molecule has 1 aromatic heterocycles. The summed E-state index contributed by atoms with van der Waals surface area (Å²) >= 11 is 0. The molecule has 0 amide bonds. The molecule has 2 N–H and O–H groups in total. The first kappa shape index (κ1) is 20.6. The van der Waals surface area contributed by atoms with Crippen LogP contribution in [0, 0.1) is 0 Å². The number of alkyl halides is 3.